The van der Waals surface area contributed by atoms with Gasteiger partial charge in [0.05, 0.1) is 6.10 Å². The van der Waals surface area contributed by atoms with Crippen LogP contribution in [-0.4, -0.2) is 28.5 Å². The maximum Gasteiger partial charge on any atom is 0.226 e. The number of methoxy groups -OCH3 is 1. The van der Waals surface area contributed by atoms with Gasteiger partial charge >= 0.3 is 0 Å². The number of aliphatic hydroxyl groups excluding tert-OH is 1. The lowest BCUT2D eigenvalue weighted by Crippen LogP contribution is -2.06. The van der Waals surface area contributed by atoms with Gasteiger partial charge in [-0.05, 0) is 18.9 Å². The number of nitrogens with zero attached hydrogens (tertiary/aromatic N) is 2. The Morgan fingerprint density at radius 3 is 2.68 bits per heavy atom. The highest BCUT2D eigenvalue weighted by molar-refractivity contribution is 5.22. The average Bonchev–Trinajstić information content (AvgIpc) is 2.87. The molecule has 0 saturated heterocycles. The fourth-order valence-electron chi connectivity index (χ4n) is 1.83. The first-order valence-electron chi connectivity index (χ1n) is 6.29. The molecule has 2 unspecified atom stereocenters. The number of aryl methyl sites for hydroxylation is 1. The lowest BCUT2D eigenvalue weighted by Gasteiger charge is -2.10. The maximum atomic E-state index is 9.24. The van der Waals surface area contributed by atoms with Crippen molar-refractivity contribution in [1.82, 2.24) is 10.1 Å². The molecule has 1 heterocycles. The Kier molecular flexibility index (Phi) is 4.65. The van der Waals surface area contributed by atoms with E-state index in [9.17, 15) is 5.11 Å². The predicted octanol–water partition coefficient (Wildman–Crippen LogP) is 2.12. The molecule has 1 aromatic heterocycles. The molecule has 0 radical (unpaired) electrons. The Balaban J connectivity index is 2.12. The predicted molar refractivity (Wildman–Crippen MR) is 69.6 cm³/mol. The molecule has 1 aromatic carbocycles. The number of hydrogen-bond acceptors (Lipinski definition) is 5. The van der Waals surface area contributed by atoms with E-state index in [1.807, 2.05) is 30.3 Å². The van der Waals surface area contributed by atoms with Gasteiger partial charge in [-0.3, -0.25) is 0 Å². The number of aromatic nitrogens is 2. The van der Waals surface area contributed by atoms with Crippen molar-refractivity contribution in [2.45, 2.75) is 32.0 Å². The molecule has 2 aromatic rings. The van der Waals surface area contributed by atoms with Crippen LogP contribution in [0, 0.1) is 0 Å². The first kappa shape index (κ1) is 13.7. The molecular formula is C14H18N2O3. The van der Waals surface area contributed by atoms with E-state index in [0.717, 1.165) is 5.56 Å². The molecule has 5 heteroatoms. The van der Waals surface area contributed by atoms with Crippen LogP contribution in [0.15, 0.2) is 34.9 Å². The molecule has 0 aliphatic carbocycles. The number of hydrogen-bond donors (Lipinski definition) is 1. The van der Waals surface area contributed by atoms with E-state index in [2.05, 4.69) is 10.1 Å². The second kappa shape index (κ2) is 6.45. The smallest absolute Gasteiger partial charge is 0.226 e. The molecule has 5 nitrogen and oxygen atoms in total. The number of rotatable bonds is 6. The molecule has 2 atom stereocenters. The third-order valence-electron chi connectivity index (χ3n) is 2.83. The molecule has 19 heavy (non-hydrogen) atoms. The molecule has 0 saturated carbocycles. The molecule has 0 aliphatic heterocycles. The van der Waals surface area contributed by atoms with E-state index in [1.54, 1.807) is 14.0 Å². The van der Waals surface area contributed by atoms with Crippen molar-refractivity contribution in [3.63, 3.8) is 0 Å². The van der Waals surface area contributed by atoms with Crippen molar-refractivity contribution in [3.05, 3.63) is 47.6 Å². The van der Waals surface area contributed by atoms with E-state index in [0.29, 0.717) is 24.6 Å². The highest BCUT2D eigenvalue weighted by Crippen LogP contribution is 2.22. The maximum absolute atomic E-state index is 9.24. The van der Waals surface area contributed by atoms with E-state index < -0.39 is 0 Å². The molecular weight excluding hydrogens is 244 g/mol. The number of benzene rings is 1. The van der Waals surface area contributed by atoms with E-state index >= 15 is 0 Å². The quantitative estimate of drug-likeness (QED) is 0.863. The molecule has 0 bridgehead atoms. The zero-order chi connectivity index (χ0) is 13.7. The second-order valence-corrected chi connectivity index (χ2v) is 4.46. The van der Waals surface area contributed by atoms with Gasteiger partial charge in [-0.25, -0.2) is 0 Å². The molecule has 0 aliphatic rings. The lowest BCUT2D eigenvalue weighted by atomic mass is 10.1. The van der Waals surface area contributed by atoms with Crippen LogP contribution in [-0.2, 0) is 11.2 Å². The Morgan fingerprint density at radius 2 is 2.05 bits per heavy atom. The summed E-state index contributed by atoms with van der Waals surface area (Å²) in [7, 11) is 1.61. The fourth-order valence-corrected chi connectivity index (χ4v) is 1.83. The van der Waals surface area contributed by atoms with Crippen molar-refractivity contribution in [2.75, 3.05) is 7.11 Å². The molecule has 0 spiro atoms. The minimum Gasteiger partial charge on any atom is -0.393 e. The molecule has 102 valence electrons. The zero-order valence-corrected chi connectivity index (χ0v) is 11.1. The van der Waals surface area contributed by atoms with E-state index in [1.165, 1.54) is 0 Å². The summed E-state index contributed by atoms with van der Waals surface area (Å²) in [4.78, 5) is 4.32. The highest BCUT2D eigenvalue weighted by Gasteiger charge is 2.19. The molecule has 0 amide bonds. The van der Waals surface area contributed by atoms with Gasteiger partial charge in [0.1, 0.15) is 6.10 Å². The van der Waals surface area contributed by atoms with Crippen LogP contribution in [0.3, 0.4) is 0 Å². The van der Waals surface area contributed by atoms with Gasteiger partial charge in [-0.15, -0.1) is 0 Å². The Hall–Kier alpha value is -1.72. The molecule has 0 fully saturated rings. The second-order valence-electron chi connectivity index (χ2n) is 4.46. The van der Waals surface area contributed by atoms with Crippen LogP contribution < -0.4 is 0 Å². The summed E-state index contributed by atoms with van der Waals surface area (Å²) < 4.78 is 10.6. The van der Waals surface area contributed by atoms with Gasteiger partial charge < -0.3 is 14.4 Å². The summed E-state index contributed by atoms with van der Waals surface area (Å²) in [5.41, 5.74) is 0.980. The molecule has 1 N–H and O–H groups in total. The Labute approximate surface area is 112 Å². The van der Waals surface area contributed by atoms with Crippen molar-refractivity contribution in [3.8, 4) is 0 Å². The van der Waals surface area contributed by atoms with Crippen LogP contribution in [0.5, 0.6) is 0 Å². The van der Waals surface area contributed by atoms with E-state index in [-0.39, 0.29) is 12.2 Å². The van der Waals surface area contributed by atoms with Gasteiger partial charge in [0.2, 0.25) is 11.7 Å². The van der Waals surface area contributed by atoms with Crippen molar-refractivity contribution >= 4 is 0 Å². The Bertz CT molecular complexity index is 496. The third kappa shape index (κ3) is 3.62. The highest BCUT2D eigenvalue weighted by atomic mass is 16.5. The standard InChI is InChI=1S/C14H18N2O3/c1-10(17)8-9-12-15-14(16-19-12)13(18-2)11-6-4-3-5-7-11/h3-7,10,13,17H,8-9H2,1-2H3. The normalized spacial score (nSPS) is 14.3. The summed E-state index contributed by atoms with van der Waals surface area (Å²) >= 11 is 0. The monoisotopic (exact) mass is 262 g/mol. The fraction of sp³-hybridized carbons (Fsp3) is 0.429. The van der Waals surface area contributed by atoms with E-state index in [4.69, 9.17) is 9.26 Å². The summed E-state index contributed by atoms with van der Waals surface area (Å²) in [6.45, 7) is 1.74. The van der Waals surface area contributed by atoms with Gasteiger partial charge in [-0.1, -0.05) is 35.5 Å². The average molecular weight is 262 g/mol. The summed E-state index contributed by atoms with van der Waals surface area (Å²) in [6.07, 6.45) is 0.466. The number of ether oxygens (including phenoxy) is 1. The Morgan fingerprint density at radius 1 is 1.32 bits per heavy atom. The summed E-state index contributed by atoms with van der Waals surface area (Å²) in [5, 5.41) is 13.2. The van der Waals surface area contributed by atoms with Crippen LogP contribution in [0.1, 0.15) is 36.7 Å². The first-order valence-corrected chi connectivity index (χ1v) is 6.29. The third-order valence-corrected chi connectivity index (χ3v) is 2.83. The summed E-state index contributed by atoms with van der Waals surface area (Å²) in [6, 6.07) is 9.74. The molecule has 2 rings (SSSR count). The van der Waals surface area contributed by atoms with Crippen LogP contribution in [0.4, 0.5) is 0 Å². The minimum atomic E-state index is -0.373. The number of aliphatic hydroxyl groups is 1. The zero-order valence-electron chi connectivity index (χ0n) is 11.1. The van der Waals surface area contributed by atoms with Gasteiger partial charge in [0.15, 0.2) is 0 Å². The SMILES string of the molecule is COC(c1ccccc1)c1noc(CCC(C)O)n1. The summed E-state index contributed by atoms with van der Waals surface area (Å²) in [5.74, 6) is 1.03. The van der Waals surface area contributed by atoms with Crippen molar-refractivity contribution < 1.29 is 14.4 Å². The van der Waals surface area contributed by atoms with Gasteiger partial charge in [0.25, 0.3) is 0 Å². The van der Waals surface area contributed by atoms with Gasteiger partial charge in [0, 0.05) is 13.5 Å². The van der Waals surface area contributed by atoms with Crippen LogP contribution in [0.2, 0.25) is 0 Å². The largest absolute Gasteiger partial charge is 0.393 e. The first-order chi connectivity index (χ1) is 9.20. The van der Waals surface area contributed by atoms with Crippen LogP contribution >= 0.6 is 0 Å². The minimum absolute atomic E-state index is 0.328. The topological polar surface area (TPSA) is 68.4 Å². The van der Waals surface area contributed by atoms with Crippen molar-refractivity contribution in [2.24, 2.45) is 0 Å². The van der Waals surface area contributed by atoms with Gasteiger partial charge in [-0.2, -0.15) is 4.98 Å². The van der Waals surface area contributed by atoms with Crippen LogP contribution in [0.25, 0.3) is 0 Å². The van der Waals surface area contributed by atoms with Crippen molar-refractivity contribution in [1.29, 1.82) is 0 Å². The lowest BCUT2D eigenvalue weighted by molar-refractivity contribution is 0.126.